The van der Waals surface area contributed by atoms with Crippen molar-refractivity contribution in [2.45, 2.75) is 0 Å². The van der Waals surface area contributed by atoms with Crippen molar-refractivity contribution >= 4 is 43.2 Å². The van der Waals surface area contributed by atoms with Crippen LogP contribution in [0.4, 0.5) is 0 Å². The van der Waals surface area contributed by atoms with Gasteiger partial charge in [0.25, 0.3) is 0 Å². The van der Waals surface area contributed by atoms with Crippen molar-refractivity contribution in [3.63, 3.8) is 0 Å². The molecule has 78 valence electrons. The Morgan fingerprint density at radius 3 is 2.27 bits per heavy atom. The summed E-state index contributed by atoms with van der Waals surface area (Å²) < 4.78 is 7.36. The molecule has 0 spiro atoms. The maximum atomic E-state index is 5.12. The lowest BCUT2D eigenvalue weighted by atomic mass is 10.2. The fourth-order valence-electron chi connectivity index (χ4n) is 1.28. The highest BCUT2D eigenvalue weighted by molar-refractivity contribution is 9.11. The topological polar surface area (TPSA) is 9.23 Å². The molecule has 1 aromatic carbocycles. The minimum atomic E-state index is 0.880. The maximum absolute atomic E-state index is 5.12. The molecule has 0 saturated heterocycles. The molecule has 0 N–H and O–H groups in total. The van der Waals surface area contributed by atoms with Crippen LogP contribution in [0, 0.1) is 0 Å². The summed E-state index contributed by atoms with van der Waals surface area (Å²) in [6, 6.07) is 10.1. The van der Waals surface area contributed by atoms with Gasteiger partial charge in [0.15, 0.2) is 0 Å². The average Bonchev–Trinajstić information content (AvgIpc) is 2.58. The SMILES string of the molecule is COc1ccc(-c2sc(Br)cc2Br)cc1. The van der Waals surface area contributed by atoms with E-state index in [1.165, 1.54) is 10.4 Å². The second-order valence-corrected chi connectivity index (χ2v) is 6.24. The van der Waals surface area contributed by atoms with Gasteiger partial charge in [0.05, 0.1) is 10.9 Å². The normalized spacial score (nSPS) is 10.3. The van der Waals surface area contributed by atoms with Gasteiger partial charge in [-0.25, -0.2) is 0 Å². The van der Waals surface area contributed by atoms with Crippen molar-refractivity contribution in [2.75, 3.05) is 7.11 Å². The van der Waals surface area contributed by atoms with Gasteiger partial charge in [0.1, 0.15) is 5.75 Å². The van der Waals surface area contributed by atoms with Crippen molar-refractivity contribution < 1.29 is 4.74 Å². The summed E-state index contributed by atoms with van der Waals surface area (Å²) in [4.78, 5) is 1.23. The standard InChI is InChI=1S/C11H8Br2OS/c1-14-8-4-2-7(3-5-8)11-9(12)6-10(13)15-11/h2-6H,1H3. The van der Waals surface area contributed by atoms with Gasteiger partial charge in [-0.2, -0.15) is 0 Å². The molecule has 4 heteroatoms. The van der Waals surface area contributed by atoms with Gasteiger partial charge in [-0.3, -0.25) is 0 Å². The Bertz CT molecular complexity index is 462. The van der Waals surface area contributed by atoms with E-state index in [0.29, 0.717) is 0 Å². The quantitative estimate of drug-likeness (QED) is 0.746. The van der Waals surface area contributed by atoms with Crippen molar-refractivity contribution in [3.05, 3.63) is 38.6 Å². The first kappa shape index (κ1) is 11.2. The van der Waals surface area contributed by atoms with E-state index in [1.54, 1.807) is 18.4 Å². The van der Waals surface area contributed by atoms with Crippen LogP contribution in [-0.2, 0) is 0 Å². The zero-order valence-electron chi connectivity index (χ0n) is 7.96. The molecule has 0 radical (unpaired) electrons. The number of halogens is 2. The number of hydrogen-bond donors (Lipinski definition) is 0. The molecule has 1 nitrogen and oxygen atoms in total. The molecule has 0 atom stereocenters. The van der Waals surface area contributed by atoms with Crippen molar-refractivity contribution in [1.29, 1.82) is 0 Å². The molecule has 0 fully saturated rings. The second-order valence-electron chi connectivity index (χ2n) is 2.96. The average molecular weight is 348 g/mol. The molecule has 2 rings (SSSR count). The molecule has 0 saturated carbocycles. The monoisotopic (exact) mass is 346 g/mol. The summed E-state index contributed by atoms with van der Waals surface area (Å²) in [5, 5.41) is 0. The van der Waals surface area contributed by atoms with Gasteiger partial charge >= 0.3 is 0 Å². The first-order valence-electron chi connectivity index (χ1n) is 4.30. The molecule has 1 aromatic heterocycles. The molecular formula is C11H8Br2OS. The third-order valence-electron chi connectivity index (χ3n) is 2.01. The third-order valence-corrected chi connectivity index (χ3v) is 4.58. The first-order chi connectivity index (χ1) is 7.20. The zero-order valence-corrected chi connectivity index (χ0v) is 11.9. The zero-order chi connectivity index (χ0) is 10.8. The number of rotatable bonds is 2. The summed E-state index contributed by atoms with van der Waals surface area (Å²) in [5.74, 6) is 0.880. The van der Waals surface area contributed by atoms with Crippen LogP contribution in [0.5, 0.6) is 5.75 Å². The fraction of sp³-hybridized carbons (Fsp3) is 0.0909. The molecule has 0 aliphatic carbocycles. The van der Waals surface area contributed by atoms with Crippen LogP contribution in [0.3, 0.4) is 0 Å². The lowest BCUT2D eigenvalue weighted by molar-refractivity contribution is 0.415. The van der Waals surface area contributed by atoms with Gasteiger partial charge in [0, 0.05) is 9.35 Å². The Labute approximate surface area is 109 Å². The van der Waals surface area contributed by atoms with Crippen molar-refractivity contribution in [2.24, 2.45) is 0 Å². The second kappa shape index (κ2) is 4.68. The molecule has 0 aliphatic rings. The molecule has 0 aliphatic heterocycles. The highest BCUT2D eigenvalue weighted by Gasteiger charge is 2.07. The summed E-state index contributed by atoms with van der Waals surface area (Å²) >= 11 is 8.72. The Balaban J connectivity index is 2.41. The molecule has 15 heavy (non-hydrogen) atoms. The lowest BCUT2D eigenvalue weighted by Crippen LogP contribution is -1.81. The molecule has 2 aromatic rings. The van der Waals surface area contributed by atoms with Crippen LogP contribution < -0.4 is 4.74 Å². The molecule has 0 amide bonds. The number of benzene rings is 1. The maximum Gasteiger partial charge on any atom is 0.118 e. The van der Waals surface area contributed by atoms with Gasteiger partial charge < -0.3 is 4.74 Å². The number of hydrogen-bond acceptors (Lipinski definition) is 2. The smallest absolute Gasteiger partial charge is 0.118 e. The van der Waals surface area contributed by atoms with E-state index < -0.39 is 0 Å². The van der Waals surface area contributed by atoms with Crippen LogP contribution in [0.25, 0.3) is 10.4 Å². The van der Waals surface area contributed by atoms with Crippen LogP contribution in [0.2, 0.25) is 0 Å². The van der Waals surface area contributed by atoms with Gasteiger partial charge in [-0.05, 0) is 67.8 Å². The molecular weight excluding hydrogens is 340 g/mol. The Hall–Kier alpha value is -0.320. The molecule has 0 unspecified atom stereocenters. The van der Waals surface area contributed by atoms with Gasteiger partial charge in [0.2, 0.25) is 0 Å². The summed E-state index contributed by atoms with van der Waals surface area (Å²) in [5.41, 5.74) is 1.19. The summed E-state index contributed by atoms with van der Waals surface area (Å²) in [6.45, 7) is 0. The lowest BCUT2D eigenvalue weighted by Gasteiger charge is -2.01. The van der Waals surface area contributed by atoms with Crippen LogP contribution in [0.1, 0.15) is 0 Å². The van der Waals surface area contributed by atoms with E-state index in [1.807, 2.05) is 12.1 Å². The predicted octanol–water partition coefficient (Wildman–Crippen LogP) is 4.95. The summed E-state index contributed by atoms with van der Waals surface area (Å²) in [6.07, 6.45) is 0. The van der Waals surface area contributed by atoms with Crippen LogP contribution in [0.15, 0.2) is 38.6 Å². The highest BCUT2D eigenvalue weighted by atomic mass is 79.9. The van der Waals surface area contributed by atoms with Crippen molar-refractivity contribution in [1.82, 2.24) is 0 Å². The van der Waals surface area contributed by atoms with E-state index in [-0.39, 0.29) is 0 Å². The largest absolute Gasteiger partial charge is 0.497 e. The third kappa shape index (κ3) is 2.44. The van der Waals surface area contributed by atoms with Crippen molar-refractivity contribution in [3.8, 4) is 16.2 Å². The van der Waals surface area contributed by atoms with E-state index in [9.17, 15) is 0 Å². The van der Waals surface area contributed by atoms with Crippen LogP contribution >= 0.6 is 43.2 Å². The van der Waals surface area contributed by atoms with E-state index in [0.717, 1.165) is 14.0 Å². The fourth-order valence-corrected chi connectivity index (χ4v) is 3.94. The van der Waals surface area contributed by atoms with Gasteiger partial charge in [-0.1, -0.05) is 0 Å². The van der Waals surface area contributed by atoms with E-state index in [4.69, 9.17) is 4.74 Å². The number of methoxy groups -OCH3 is 1. The van der Waals surface area contributed by atoms with Crippen LogP contribution in [-0.4, -0.2) is 7.11 Å². The molecule has 1 heterocycles. The Morgan fingerprint density at radius 2 is 1.80 bits per heavy atom. The molecule has 0 bridgehead atoms. The first-order valence-corrected chi connectivity index (χ1v) is 6.70. The summed E-state index contributed by atoms with van der Waals surface area (Å²) in [7, 11) is 1.67. The highest BCUT2D eigenvalue weighted by Crippen LogP contribution is 2.39. The number of thiophene rings is 1. The minimum absolute atomic E-state index is 0.880. The minimum Gasteiger partial charge on any atom is -0.497 e. The van der Waals surface area contributed by atoms with Gasteiger partial charge in [-0.15, -0.1) is 11.3 Å². The predicted molar refractivity (Wildman–Crippen MR) is 71.7 cm³/mol. The van der Waals surface area contributed by atoms with E-state index >= 15 is 0 Å². The number of ether oxygens (including phenoxy) is 1. The Morgan fingerprint density at radius 1 is 1.13 bits per heavy atom. The van der Waals surface area contributed by atoms with E-state index in [2.05, 4.69) is 50.1 Å². The Kier molecular flexibility index (Phi) is 3.49.